The number of pyridine rings is 1. The van der Waals surface area contributed by atoms with Gasteiger partial charge in [0.1, 0.15) is 17.1 Å². The molecular weight excluding hydrogens is 352 g/mol. The molecule has 0 radical (unpaired) electrons. The highest BCUT2D eigenvalue weighted by Gasteiger charge is 2.47. The standard InChI is InChI=1S/C22H24N4O2/c1-25-11-16-12-26(22(27)19-8-5-15-9-10-23-21(15)24-19)13-18(16)20(25)14-3-6-17(28-2)7-4-14/h3-10,16,18,20H,11-13H2,1-2H3,(H,23,24)/t16-,18+,20-/m0/s1. The van der Waals surface area contributed by atoms with Gasteiger partial charge < -0.3 is 14.6 Å². The fourth-order valence-corrected chi connectivity index (χ4v) is 4.94. The van der Waals surface area contributed by atoms with Crippen molar-refractivity contribution in [2.45, 2.75) is 6.04 Å². The van der Waals surface area contributed by atoms with E-state index in [1.807, 2.05) is 41.4 Å². The normalized spacial score (nSPS) is 24.6. The van der Waals surface area contributed by atoms with Gasteiger partial charge in [-0.1, -0.05) is 12.1 Å². The molecule has 28 heavy (non-hydrogen) atoms. The van der Waals surface area contributed by atoms with E-state index in [1.54, 1.807) is 7.11 Å². The SMILES string of the molecule is COc1ccc([C@H]2[C@@H]3CN(C(=O)c4ccc5cc[nH]c5n4)C[C@@H]3CN2C)cc1. The van der Waals surface area contributed by atoms with Crippen molar-refractivity contribution in [3.05, 3.63) is 59.9 Å². The van der Waals surface area contributed by atoms with Crippen molar-refractivity contribution in [1.29, 1.82) is 0 Å². The molecule has 2 aliphatic rings. The zero-order valence-electron chi connectivity index (χ0n) is 16.1. The van der Waals surface area contributed by atoms with Crippen molar-refractivity contribution < 1.29 is 9.53 Å². The Morgan fingerprint density at radius 2 is 1.93 bits per heavy atom. The highest BCUT2D eigenvalue weighted by molar-refractivity contribution is 5.94. The van der Waals surface area contributed by atoms with Crippen molar-refractivity contribution in [3.8, 4) is 5.75 Å². The summed E-state index contributed by atoms with van der Waals surface area (Å²) in [6, 6.07) is 14.4. The van der Waals surface area contributed by atoms with Gasteiger partial charge in [0.25, 0.3) is 5.91 Å². The van der Waals surface area contributed by atoms with Crippen molar-refractivity contribution in [1.82, 2.24) is 19.8 Å². The summed E-state index contributed by atoms with van der Waals surface area (Å²) in [6.45, 7) is 2.58. The molecule has 144 valence electrons. The van der Waals surface area contributed by atoms with Gasteiger partial charge in [-0.25, -0.2) is 4.98 Å². The van der Waals surface area contributed by atoms with E-state index < -0.39 is 0 Å². The first kappa shape index (κ1) is 17.3. The molecule has 1 aromatic carbocycles. The molecule has 0 bridgehead atoms. The lowest BCUT2D eigenvalue weighted by atomic mass is 9.89. The largest absolute Gasteiger partial charge is 0.497 e. The number of ether oxygens (including phenoxy) is 1. The molecule has 6 heteroatoms. The summed E-state index contributed by atoms with van der Waals surface area (Å²) in [5.41, 5.74) is 2.57. The van der Waals surface area contributed by atoms with Crippen molar-refractivity contribution >= 4 is 16.9 Å². The van der Waals surface area contributed by atoms with Gasteiger partial charge in [-0.05, 0) is 48.9 Å². The summed E-state index contributed by atoms with van der Waals surface area (Å²) in [5, 5.41) is 1.02. The number of benzene rings is 1. The minimum Gasteiger partial charge on any atom is -0.497 e. The lowest BCUT2D eigenvalue weighted by molar-refractivity contribution is 0.0762. The quantitative estimate of drug-likeness (QED) is 0.763. The number of H-pyrrole nitrogens is 1. The number of nitrogens with one attached hydrogen (secondary N) is 1. The minimum atomic E-state index is 0.0297. The van der Waals surface area contributed by atoms with Crippen LogP contribution in [0.3, 0.4) is 0 Å². The highest BCUT2D eigenvalue weighted by Crippen LogP contribution is 2.44. The molecule has 0 spiro atoms. The smallest absolute Gasteiger partial charge is 0.272 e. The van der Waals surface area contributed by atoms with Crippen LogP contribution in [0.1, 0.15) is 22.1 Å². The van der Waals surface area contributed by atoms with E-state index in [9.17, 15) is 4.79 Å². The van der Waals surface area contributed by atoms with Gasteiger partial charge in [0.05, 0.1) is 7.11 Å². The fraction of sp³-hybridized carbons (Fsp3) is 0.364. The molecule has 2 aliphatic heterocycles. The third kappa shape index (κ3) is 2.76. The molecule has 0 aliphatic carbocycles. The number of aromatic nitrogens is 2. The number of carbonyl (C=O) groups excluding carboxylic acids is 1. The van der Waals surface area contributed by atoms with Gasteiger partial charge in [0.2, 0.25) is 0 Å². The van der Waals surface area contributed by atoms with Crippen LogP contribution in [0.15, 0.2) is 48.7 Å². The second-order valence-corrected chi connectivity index (χ2v) is 7.90. The van der Waals surface area contributed by atoms with E-state index in [0.29, 0.717) is 23.6 Å². The minimum absolute atomic E-state index is 0.0297. The van der Waals surface area contributed by atoms with Gasteiger partial charge >= 0.3 is 0 Å². The van der Waals surface area contributed by atoms with E-state index in [1.165, 1.54) is 5.56 Å². The summed E-state index contributed by atoms with van der Waals surface area (Å²) >= 11 is 0. The predicted molar refractivity (Wildman–Crippen MR) is 107 cm³/mol. The van der Waals surface area contributed by atoms with E-state index >= 15 is 0 Å². The van der Waals surface area contributed by atoms with Crippen LogP contribution >= 0.6 is 0 Å². The van der Waals surface area contributed by atoms with Gasteiger partial charge in [-0.15, -0.1) is 0 Å². The van der Waals surface area contributed by atoms with Gasteiger partial charge in [0.15, 0.2) is 0 Å². The lowest BCUT2D eigenvalue weighted by Crippen LogP contribution is -2.33. The number of carbonyl (C=O) groups is 1. The molecule has 4 heterocycles. The third-order valence-corrected chi connectivity index (χ3v) is 6.27. The van der Waals surface area contributed by atoms with Crippen molar-refractivity contribution in [2.24, 2.45) is 11.8 Å². The summed E-state index contributed by atoms with van der Waals surface area (Å²) in [4.78, 5) is 25.1. The van der Waals surface area contributed by atoms with Crippen LogP contribution in [0.25, 0.3) is 11.0 Å². The van der Waals surface area contributed by atoms with E-state index in [2.05, 4.69) is 34.0 Å². The highest BCUT2D eigenvalue weighted by atomic mass is 16.5. The Kier molecular flexibility index (Phi) is 4.09. The first-order chi connectivity index (χ1) is 13.6. The van der Waals surface area contributed by atoms with Crippen LogP contribution in [0.2, 0.25) is 0 Å². The lowest BCUT2D eigenvalue weighted by Gasteiger charge is -2.27. The Morgan fingerprint density at radius 3 is 2.71 bits per heavy atom. The molecule has 6 nitrogen and oxygen atoms in total. The second-order valence-electron chi connectivity index (χ2n) is 7.90. The molecule has 3 aromatic rings. The number of methoxy groups -OCH3 is 1. The maximum Gasteiger partial charge on any atom is 0.272 e. The van der Waals surface area contributed by atoms with Crippen LogP contribution in [-0.2, 0) is 0 Å². The summed E-state index contributed by atoms with van der Waals surface area (Å²) in [6.07, 6.45) is 1.85. The summed E-state index contributed by atoms with van der Waals surface area (Å²) in [7, 11) is 3.87. The topological polar surface area (TPSA) is 61.5 Å². The van der Waals surface area contributed by atoms with E-state index in [0.717, 1.165) is 36.4 Å². The summed E-state index contributed by atoms with van der Waals surface area (Å²) in [5.74, 6) is 1.84. The third-order valence-electron chi connectivity index (χ3n) is 6.27. The Labute approximate surface area is 164 Å². The van der Waals surface area contributed by atoms with Crippen molar-refractivity contribution in [2.75, 3.05) is 33.8 Å². The number of amides is 1. The molecule has 5 rings (SSSR count). The Bertz CT molecular complexity index is 1010. The van der Waals surface area contributed by atoms with Crippen LogP contribution in [0.5, 0.6) is 5.75 Å². The molecule has 0 saturated carbocycles. The van der Waals surface area contributed by atoms with Gasteiger partial charge in [-0.2, -0.15) is 0 Å². The molecule has 0 unspecified atom stereocenters. The zero-order valence-corrected chi connectivity index (χ0v) is 16.1. The summed E-state index contributed by atoms with van der Waals surface area (Å²) < 4.78 is 5.29. The average Bonchev–Trinajstić information content (AvgIpc) is 3.41. The van der Waals surface area contributed by atoms with Crippen LogP contribution < -0.4 is 4.74 Å². The fourth-order valence-electron chi connectivity index (χ4n) is 4.94. The van der Waals surface area contributed by atoms with Gasteiger partial charge in [-0.3, -0.25) is 9.69 Å². The van der Waals surface area contributed by atoms with Crippen LogP contribution in [-0.4, -0.2) is 59.5 Å². The molecule has 3 atom stereocenters. The maximum atomic E-state index is 13.1. The number of hydrogen-bond acceptors (Lipinski definition) is 4. The average molecular weight is 376 g/mol. The number of fused-ring (bicyclic) bond motifs is 2. The molecule has 2 aromatic heterocycles. The van der Waals surface area contributed by atoms with E-state index in [4.69, 9.17) is 4.74 Å². The van der Waals surface area contributed by atoms with Crippen molar-refractivity contribution in [3.63, 3.8) is 0 Å². The molecule has 1 N–H and O–H groups in total. The number of rotatable bonds is 3. The molecule has 1 amide bonds. The predicted octanol–water partition coefficient (Wildman–Crippen LogP) is 2.95. The second kappa shape index (κ2) is 6.63. The number of hydrogen-bond donors (Lipinski definition) is 1. The molecule has 2 saturated heterocycles. The zero-order chi connectivity index (χ0) is 19.3. The van der Waals surface area contributed by atoms with E-state index in [-0.39, 0.29) is 5.91 Å². The van der Waals surface area contributed by atoms with Crippen LogP contribution in [0, 0.1) is 11.8 Å². The first-order valence-electron chi connectivity index (χ1n) is 9.71. The van der Waals surface area contributed by atoms with Crippen LogP contribution in [0.4, 0.5) is 0 Å². The number of nitrogens with zero attached hydrogens (tertiary/aromatic N) is 3. The Hall–Kier alpha value is -2.86. The number of likely N-dealkylation sites (tertiary alicyclic amines) is 2. The maximum absolute atomic E-state index is 13.1. The molecule has 2 fully saturated rings. The van der Waals surface area contributed by atoms with Gasteiger partial charge in [0, 0.05) is 43.2 Å². The monoisotopic (exact) mass is 376 g/mol. The molecular formula is C22H24N4O2. The number of aromatic amines is 1. The Balaban J connectivity index is 1.37. The first-order valence-corrected chi connectivity index (χ1v) is 9.71. The Morgan fingerprint density at radius 1 is 1.11 bits per heavy atom.